The third kappa shape index (κ3) is 2.92. The van der Waals surface area contributed by atoms with E-state index in [2.05, 4.69) is 16.9 Å². The van der Waals surface area contributed by atoms with E-state index in [-0.39, 0.29) is 13.1 Å². The predicted molar refractivity (Wildman–Crippen MR) is 83.2 cm³/mol. The smallest absolute Gasteiger partial charge is 0.446 e. The first-order valence-corrected chi connectivity index (χ1v) is 7.04. The first-order chi connectivity index (χ1) is 10.9. The molecule has 1 atom stereocenters. The number of hydrogen-bond donors (Lipinski definition) is 1. The van der Waals surface area contributed by atoms with Gasteiger partial charge >= 0.3 is 11.9 Å². The van der Waals surface area contributed by atoms with Crippen molar-refractivity contribution in [3.8, 4) is 0 Å². The summed E-state index contributed by atoms with van der Waals surface area (Å²) in [6, 6.07) is -0.595. The number of rotatable bonds is 5. The van der Waals surface area contributed by atoms with E-state index in [0.717, 1.165) is 4.90 Å². The van der Waals surface area contributed by atoms with Crippen molar-refractivity contribution < 1.29 is 23.7 Å². The number of nitrogens with zero attached hydrogens (tertiary/aromatic N) is 3. The number of aliphatic imine (C=N–C) groups is 1. The van der Waals surface area contributed by atoms with Crippen LogP contribution in [0.2, 0.25) is 0 Å². The molecule has 0 saturated carbocycles. The maximum absolute atomic E-state index is 12.7. The van der Waals surface area contributed by atoms with Crippen LogP contribution in [0, 0.1) is 5.92 Å². The van der Waals surface area contributed by atoms with Gasteiger partial charge in [-0.25, -0.2) is 4.79 Å². The van der Waals surface area contributed by atoms with Gasteiger partial charge in [-0.15, -0.1) is 11.6 Å². The van der Waals surface area contributed by atoms with E-state index in [1.807, 2.05) is 0 Å². The number of allylic oxidation sites excluding steroid dienone is 1. The lowest BCUT2D eigenvalue weighted by atomic mass is 9.96. The van der Waals surface area contributed by atoms with E-state index < -0.39 is 23.8 Å². The molecule has 0 aromatic rings. The van der Waals surface area contributed by atoms with Crippen molar-refractivity contribution in [1.29, 1.82) is 0 Å². The van der Waals surface area contributed by atoms with E-state index in [1.165, 1.54) is 24.8 Å². The van der Waals surface area contributed by atoms with Crippen LogP contribution >= 0.6 is 0 Å². The summed E-state index contributed by atoms with van der Waals surface area (Å²) in [5.74, 6) is -1.06. The maximum atomic E-state index is 12.7. The molecule has 0 bridgehead atoms. The average molecular weight is 319 g/mol. The number of dihydropyridines is 1. The van der Waals surface area contributed by atoms with Crippen LogP contribution in [0.5, 0.6) is 0 Å². The second-order valence-electron chi connectivity index (χ2n) is 5.16. The summed E-state index contributed by atoms with van der Waals surface area (Å²) in [4.78, 5) is 42.0. The summed E-state index contributed by atoms with van der Waals surface area (Å²) in [6.07, 6.45) is 3.06. The molecule has 0 radical (unpaired) electrons. The lowest BCUT2D eigenvalue weighted by Gasteiger charge is -2.28. The number of imide groups is 1. The maximum Gasteiger partial charge on any atom is 0.446 e. The zero-order chi connectivity index (χ0) is 17.1. The summed E-state index contributed by atoms with van der Waals surface area (Å²) >= 11 is 0. The van der Waals surface area contributed by atoms with Gasteiger partial charge < -0.3 is 10.1 Å². The zero-order valence-electron chi connectivity index (χ0n) is 13.3. The second-order valence-corrected chi connectivity index (χ2v) is 5.16. The van der Waals surface area contributed by atoms with E-state index >= 15 is 0 Å². The van der Waals surface area contributed by atoms with Gasteiger partial charge in [-0.1, -0.05) is 6.08 Å². The number of methoxy groups -OCH3 is 1. The monoisotopic (exact) mass is 319 g/mol. The number of carbonyl (C=O) groups excluding carboxylic acids is 3. The van der Waals surface area contributed by atoms with Crippen molar-refractivity contribution in [3.05, 3.63) is 24.0 Å². The number of fused-ring (bicyclic) bond motifs is 1. The molecule has 1 unspecified atom stereocenters. The number of amides is 4. The molecule has 0 aliphatic carbocycles. The minimum Gasteiger partial charge on any atom is -0.499 e. The molecule has 0 spiro atoms. The number of hydrogen-bond acceptors (Lipinski definition) is 5. The number of amidine groups is 1. The Balaban J connectivity index is 2.36. The molecule has 1 N–H and O–H groups in total. The van der Waals surface area contributed by atoms with Crippen molar-refractivity contribution in [2.24, 2.45) is 10.9 Å². The highest BCUT2D eigenvalue weighted by Crippen LogP contribution is 2.27. The Kier molecular flexibility index (Phi) is 4.73. The molecule has 0 aromatic carbocycles. The molecule has 2 rings (SSSR count). The second kappa shape index (κ2) is 6.55. The summed E-state index contributed by atoms with van der Waals surface area (Å²) in [5, 5.41) is 2.54. The topological polar surface area (TPSA) is 91.1 Å². The zero-order valence-corrected chi connectivity index (χ0v) is 13.3. The Hall–Kier alpha value is -2.77. The van der Waals surface area contributed by atoms with Crippen molar-refractivity contribution in [2.45, 2.75) is 6.92 Å². The van der Waals surface area contributed by atoms with E-state index in [9.17, 15) is 14.4 Å². The summed E-state index contributed by atoms with van der Waals surface area (Å²) in [7, 11) is 2.97. The summed E-state index contributed by atoms with van der Waals surface area (Å²) in [5.41, 5.74) is 0.702. The molecule has 2 aliphatic rings. The number of ether oxygens (including phenoxy) is 1. The van der Waals surface area contributed by atoms with Crippen LogP contribution in [0.4, 0.5) is 4.79 Å². The number of carbonyl (C=O) groups is 3. The standard InChI is InChI=1S/C15H18N4O4/c1-5-6-16-10(20)8-19-14(21)11-12(23-4)9(2)7-17-13(11)18(3)15(19)22/h5,7,11H,1,6,8H2,2-4H3/p+1. The van der Waals surface area contributed by atoms with Gasteiger partial charge in [0.05, 0.1) is 14.2 Å². The Morgan fingerprint density at radius 2 is 2.26 bits per heavy atom. The number of nitrogens with one attached hydrogen (secondary N) is 1. The van der Waals surface area contributed by atoms with Crippen molar-refractivity contribution >= 4 is 29.9 Å². The predicted octanol–water partition coefficient (Wildman–Crippen LogP) is -0.0874. The van der Waals surface area contributed by atoms with Gasteiger partial charge in [0.2, 0.25) is 0 Å². The Labute approximate surface area is 133 Å². The van der Waals surface area contributed by atoms with Gasteiger partial charge in [0.1, 0.15) is 12.0 Å². The molecule has 122 valence electrons. The van der Waals surface area contributed by atoms with Crippen molar-refractivity contribution in [3.63, 3.8) is 0 Å². The molecule has 2 heterocycles. The highest BCUT2D eigenvalue weighted by Gasteiger charge is 2.50. The first kappa shape index (κ1) is 16.6. The minimum atomic E-state index is -0.820. The molecule has 0 fully saturated rings. The lowest BCUT2D eigenvalue weighted by molar-refractivity contribution is -0.408. The van der Waals surface area contributed by atoms with Gasteiger partial charge in [-0.05, 0) is 6.92 Å². The molecular weight excluding hydrogens is 300 g/mol. The summed E-state index contributed by atoms with van der Waals surface area (Å²) < 4.78 is 6.57. The van der Waals surface area contributed by atoms with Crippen LogP contribution in [0.1, 0.15) is 6.92 Å². The van der Waals surface area contributed by atoms with Crippen LogP contribution in [0.3, 0.4) is 0 Å². The van der Waals surface area contributed by atoms with Gasteiger partial charge in [-0.2, -0.15) is 9.48 Å². The highest BCUT2D eigenvalue weighted by atomic mass is 16.5. The molecular formula is C15H19N4O4+. The third-order valence-electron chi connectivity index (χ3n) is 3.64. The Morgan fingerprint density at radius 3 is 2.87 bits per heavy atom. The molecule has 2 aliphatic heterocycles. The molecule has 23 heavy (non-hydrogen) atoms. The molecule has 0 aromatic heterocycles. The van der Waals surface area contributed by atoms with Crippen LogP contribution in [-0.2, 0) is 14.3 Å². The highest BCUT2D eigenvalue weighted by molar-refractivity contribution is 6.16. The van der Waals surface area contributed by atoms with E-state index in [4.69, 9.17) is 4.74 Å². The number of urea groups is 1. The minimum absolute atomic E-state index is 0.262. The van der Waals surface area contributed by atoms with Gasteiger partial charge in [0.25, 0.3) is 11.7 Å². The molecule has 8 nitrogen and oxygen atoms in total. The normalized spacial score (nSPS) is 20.7. The fourth-order valence-corrected chi connectivity index (χ4v) is 2.49. The Bertz CT molecular complexity index is 675. The van der Waals surface area contributed by atoms with Gasteiger partial charge in [0.15, 0.2) is 12.5 Å². The van der Waals surface area contributed by atoms with Crippen LogP contribution in [0.25, 0.3) is 0 Å². The van der Waals surface area contributed by atoms with Gasteiger partial charge in [0, 0.05) is 12.1 Å². The lowest BCUT2D eigenvalue weighted by Crippen LogP contribution is -2.57. The quantitative estimate of drug-likeness (QED) is 0.566. The molecule has 4 amide bonds. The van der Waals surface area contributed by atoms with Crippen LogP contribution in [-0.4, -0.2) is 66.6 Å². The fourth-order valence-electron chi connectivity index (χ4n) is 2.49. The van der Waals surface area contributed by atoms with E-state index in [1.54, 1.807) is 13.1 Å². The molecule has 0 saturated heterocycles. The van der Waals surface area contributed by atoms with Crippen molar-refractivity contribution in [1.82, 2.24) is 10.2 Å². The largest absolute Gasteiger partial charge is 0.499 e. The first-order valence-electron chi connectivity index (χ1n) is 7.04. The fraction of sp³-hybridized carbons (Fsp3) is 0.400. The molecule has 8 heteroatoms. The summed E-state index contributed by atoms with van der Waals surface area (Å²) in [6.45, 7) is 5.16. The van der Waals surface area contributed by atoms with E-state index in [0.29, 0.717) is 17.2 Å². The van der Waals surface area contributed by atoms with Crippen LogP contribution < -0.4 is 5.32 Å². The van der Waals surface area contributed by atoms with Crippen LogP contribution in [0.15, 0.2) is 29.0 Å². The Morgan fingerprint density at radius 1 is 1.57 bits per heavy atom. The SMILES string of the molecule is C=CCNC(=O)CN1C(=O)C2C(OC)=C(C)C=NC2=[N+](C)C1=O. The average Bonchev–Trinajstić information content (AvgIpc) is 2.54. The van der Waals surface area contributed by atoms with Crippen molar-refractivity contribution in [2.75, 3.05) is 27.2 Å². The van der Waals surface area contributed by atoms with Gasteiger partial charge in [-0.3, -0.25) is 9.59 Å². The third-order valence-corrected chi connectivity index (χ3v) is 3.64.